The number of benzene rings is 3. The van der Waals surface area contributed by atoms with Gasteiger partial charge in [0.2, 0.25) is 0 Å². The van der Waals surface area contributed by atoms with E-state index in [2.05, 4.69) is 6.07 Å². The fourth-order valence-electron chi connectivity index (χ4n) is 7.42. The summed E-state index contributed by atoms with van der Waals surface area (Å²) in [6.45, 7) is 23.8. The molecular formula is C60H98O18. The summed E-state index contributed by atoms with van der Waals surface area (Å²) < 4.78 is 89.4. The molecule has 2 atom stereocenters. The second-order valence-electron chi connectivity index (χ2n) is 19.3. The number of ether oxygens (including phenoxy) is 16. The standard InChI is InChI=1S/C60H98O18/c1-59(2,57(61)18-20-63-22-24-65-26-28-67-30-32-69-34-36-71-38-40-73-42-44-75-46-48-77-51-53-12-7-5-8-13-53)55-16-11-17-56(50-55)60(3,4)58(62)19-21-64-23-25-66-27-29-68-31-33-70-35-37-72-39-41-74-43-45-76-47-49-78-52-54-14-9-6-10-15-54/h5-17,50,57-58,61-62H,18-49,51-52H2,1-4H3. The van der Waals surface area contributed by atoms with Crippen LogP contribution in [-0.2, 0) is 99.8 Å². The molecule has 0 aliphatic rings. The highest BCUT2D eigenvalue weighted by atomic mass is 16.6. The normalized spacial score (nSPS) is 12.9. The molecule has 0 saturated heterocycles. The molecular weight excluding hydrogens is 1010 g/mol. The first-order valence-corrected chi connectivity index (χ1v) is 28.0. The van der Waals surface area contributed by atoms with Crippen molar-refractivity contribution >= 4 is 0 Å². The smallest absolute Gasteiger partial charge is 0.0718 e. The quantitative estimate of drug-likeness (QED) is 0.0590. The topological polar surface area (TPSA) is 188 Å². The van der Waals surface area contributed by atoms with Gasteiger partial charge >= 0.3 is 0 Å². The predicted molar refractivity (Wildman–Crippen MR) is 297 cm³/mol. The van der Waals surface area contributed by atoms with E-state index in [0.29, 0.717) is 224 Å². The lowest BCUT2D eigenvalue weighted by atomic mass is 9.73. The number of rotatable bonds is 56. The van der Waals surface area contributed by atoms with Gasteiger partial charge in [-0.1, -0.05) is 113 Å². The molecule has 0 spiro atoms. The van der Waals surface area contributed by atoms with Gasteiger partial charge < -0.3 is 86.0 Å². The Bertz CT molecular complexity index is 1640. The lowest BCUT2D eigenvalue weighted by Crippen LogP contribution is -2.37. The largest absolute Gasteiger partial charge is 0.392 e. The van der Waals surface area contributed by atoms with Crippen molar-refractivity contribution in [3.63, 3.8) is 0 Å². The summed E-state index contributed by atoms with van der Waals surface area (Å²) in [4.78, 5) is 0. The second-order valence-corrected chi connectivity index (χ2v) is 19.3. The summed E-state index contributed by atoms with van der Waals surface area (Å²) in [6.07, 6.45) is -0.338. The summed E-state index contributed by atoms with van der Waals surface area (Å²) in [5.41, 5.74) is 3.21. The molecule has 0 fully saturated rings. The van der Waals surface area contributed by atoms with Gasteiger partial charge in [0, 0.05) is 24.0 Å². The molecule has 0 saturated carbocycles. The minimum atomic E-state index is -0.639. The van der Waals surface area contributed by atoms with E-state index in [1.54, 1.807) is 0 Å². The molecule has 0 aliphatic carbocycles. The molecule has 18 nitrogen and oxygen atoms in total. The third-order valence-corrected chi connectivity index (χ3v) is 12.5. The van der Waals surface area contributed by atoms with Crippen molar-refractivity contribution in [3.05, 3.63) is 107 Å². The maximum atomic E-state index is 11.2. The van der Waals surface area contributed by atoms with Crippen LogP contribution in [0.4, 0.5) is 0 Å². The van der Waals surface area contributed by atoms with E-state index in [9.17, 15) is 10.2 Å². The van der Waals surface area contributed by atoms with Crippen LogP contribution >= 0.6 is 0 Å². The molecule has 2 unspecified atom stereocenters. The Morgan fingerprint density at radius 1 is 0.269 bits per heavy atom. The fourth-order valence-corrected chi connectivity index (χ4v) is 7.42. The van der Waals surface area contributed by atoms with Gasteiger partial charge in [0.1, 0.15) is 0 Å². The number of aliphatic hydroxyl groups is 2. The molecule has 0 amide bonds. The molecule has 2 N–H and O–H groups in total. The van der Waals surface area contributed by atoms with Crippen LogP contribution in [-0.4, -0.2) is 221 Å². The lowest BCUT2D eigenvalue weighted by molar-refractivity contribution is -0.0248. The van der Waals surface area contributed by atoms with Crippen LogP contribution in [0.15, 0.2) is 84.9 Å². The highest BCUT2D eigenvalue weighted by Crippen LogP contribution is 2.35. The van der Waals surface area contributed by atoms with Crippen LogP contribution in [0.3, 0.4) is 0 Å². The second kappa shape index (κ2) is 47.6. The van der Waals surface area contributed by atoms with E-state index < -0.39 is 23.0 Å². The molecule has 3 rings (SSSR count). The predicted octanol–water partition coefficient (Wildman–Crippen LogP) is 6.41. The Hall–Kier alpha value is -3.06. The van der Waals surface area contributed by atoms with Crippen molar-refractivity contribution in [2.45, 2.75) is 76.8 Å². The zero-order valence-electron chi connectivity index (χ0n) is 47.7. The lowest BCUT2D eigenvalue weighted by Gasteiger charge is -2.35. The molecule has 78 heavy (non-hydrogen) atoms. The summed E-state index contributed by atoms with van der Waals surface area (Å²) in [7, 11) is 0. The minimum Gasteiger partial charge on any atom is -0.392 e. The van der Waals surface area contributed by atoms with E-state index in [4.69, 9.17) is 75.8 Å². The molecule has 18 heteroatoms. The van der Waals surface area contributed by atoms with Crippen molar-refractivity contribution in [2.75, 3.05) is 198 Å². The fraction of sp³-hybridized carbons (Fsp3) is 0.700. The number of hydrogen-bond donors (Lipinski definition) is 2. The van der Waals surface area contributed by atoms with Gasteiger partial charge in [-0.15, -0.1) is 0 Å². The van der Waals surface area contributed by atoms with E-state index >= 15 is 0 Å². The van der Waals surface area contributed by atoms with Gasteiger partial charge in [-0.25, -0.2) is 0 Å². The third-order valence-electron chi connectivity index (χ3n) is 12.5. The van der Waals surface area contributed by atoms with Crippen LogP contribution < -0.4 is 0 Å². The van der Waals surface area contributed by atoms with Crippen molar-refractivity contribution in [1.82, 2.24) is 0 Å². The maximum Gasteiger partial charge on any atom is 0.0718 e. The summed E-state index contributed by atoms with van der Waals surface area (Å²) in [5, 5.41) is 22.5. The Morgan fingerprint density at radius 3 is 0.705 bits per heavy atom. The number of aliphatic hydroxyl groups excluding tert-OH is 2. The molecule has 0 aromatic heterocycles. The van der Waals surface area contributed by atoms with E-state index in [1.807, 2.05) is 107 Å². The SMILES string of the molecule is CC(C)(c1cccc(C(C)(C)C(O)CCOCCOCCOCCOCCOCCOCCOCCOCc2ccccc2)c1)C(O)CCOCCOCCOCCOCCOCCOCCOCCOCc1ccccc1. The van der Waals surface area contributed by atoms with Crippen molar-refractivity contribution in [2.24, 2.45) is 0 Å². The van der Waals surface area contributed by atoms with Crippen LogP contribution in [0.1, 0.15) is 62.8 Å². The van der Waals surface area contributed by atoms with Gasteiger partial charge in [0.15, 0.2) is 0 Å². The number of hydrogen-bond acceptors (Lipinski definition) is 18. The monoisotopic (exact) mass is 1110 g/mol. The van der Waals surface area contributed by atoms with Gasteiger partial charge in [0.05, 0.1) is 210 Å². The zero-order chi connectivity index (χ0) is 55.7. The summed E-state index contributed by atoms with van der Waals surface area (Å²) >= 11 is 0. The van der Waals surface area contributed by atoms with Crippen LogP contribution in [0.25, 0.3) is 0 Å². The molecule has 446 valence electrons. The summed E-state index contributed by atoms with van der Waals surface area (Å²) in [5.74, 6) is 0. The zero-order valence-corrected chi connectivity index (χ0v) is 47.7. The Morgan fingerprint density at radius 2 is 0.474 bits per heavy atom. The molecule has 0 radical (unpaired) electrons. The van der Waals surface area contributed by atoms with Crippen molar-refractivity contribution in [1.29, 1.82) is 0 Å². The van der Waals surface area contributed by atoms with Crippen molar-refractivity contribution < 1.29 is 86.0 Å². The average Bonchev–Trinajstić information content (AvgIpc) is 3.47. The molecule has 0 aliphatic heterocycles. The highest BCUT2D eigenvalue weighted by Gasteiger charge is 2.34. The maximum absolute atomic E-state index is 11.2. The van der Waals surface area contributed by atoms with Crippen LogP contribution in [0, 0.1) is 0 Å². The molecule has 0 bridgehead atoms. The van der Waals surface area contributed by atoms with E-state index in [0.717, 1.165) is 22.3 Å². The van der Waals surface area contributed by atoms with Gasteiger partial charge in [-0.2, -0.15) is 0 Å². The average molecular weight is 1110 g/mol. The van der Waals surface area contributed by atoms with Gasteiger partial charge in [0.25, 0.3) is 0 Å². The first-order valence-electron chi connectivity index (χ1n) is 28.0. The Labute approximate surface area is 466 Å². The highest BCUT2D eigenvalue weighted by molar-refractivity contribution is 5.35. The van der Waals surface area contributed by atoms with Crippen LogP contribution in [0.2, 0.25) is 0 Å². The molecule has 3 aromatic rings. The van der Waals surface area contributed by atoms with Gasteiger partial charge in [-0.3, -0.25) is 0 Å². The Balaban J connectivity index is 1.04. The van der Waals surface area contributed by atoms with E-state index in [-0.39, 0.29) is 0 Å². The minimum absolute atomic E-state index is 0.402. The van der Waals surface area contributed by atoms with Crippen LogP contribution in [0.5, 0.6) is 0 Å². The first kappa shape index (κ1) is 69.2. The van der Waals surface area contributed by atoms with Crippen molar-refractivity contribution in [3.8, 4) is 0 Å². The molecule has 0 heterocycles. The third kappa shape index (κ3) is 35.6. The van der Waals surface area contributed by atoms with E-state index in [1.165, 1.54) is 0 Å². The molecule has 3 aromatic carbocycles. The Kier molecular flexibility index (Phi) is 42.2. The first-order chi connectivity index (χ1) is 38.2. The van der Waals surface area contributed by atoms with Gasteiger partial charge in [-0.05, 0) is 35.1 Å². The summed E-state index contributed by atoms with van der Waals surface area (Å²) in [6, 6.07) is 28.3.